The van der Waals surface area contributed by atoms with Crippen molar-refractivity contribution in [3.63, 3.8) is 0 Å². The maximum atomic E-state index is 13.6. The summed E-state index contributed by atoms with van der Waals surface area (Å²) in [6.45, 7) is 7.44. The number of ether oxygens (including phenoxy) is 2. The zero-order valence-electron chi connectivity index (χ0n) is 21.2. The molecule has 0 saturated heterocycles. The van der Waals surface area contributed by atoms with Crippen LogP contribution in [-0.4, -0.2) is 75.3 Å². The maximum Gasteiger partial charge on any atom is 0.247 e. The van der Waals surface area contributed by atoms with Gasteiger partial charge < -0.3 is 19.5 Å². The number of nitrogens with zero attached hydrogens (tertiary/aromatic N) is 2. The Kier molecular flexibility index (Phi) is 9.20. The molecular weight excluding hydrogens is 464 g/mol. The largest absolute Gasteiger partial charge is 0.497 e. The third kappa shape index (κ3) is 6.56. The molecule has 1 heterocycles. The van der Waals surface area contributed by atoms with Crippen LogP contribution in [0.5, 0.6) is 11.5 Å². The average Bonchev–Trinajstić information content (AvgIpc) is 2.84. The molecule has 3 rings (SSSR count). The fraction of sp³-hybridized carbons (Fsp3) is 0.481. The number of likely N-dealkylation sites (N-methyl/N-ethyl adjacent to an activating group) is 1. The second-order valence-corrected chi connectivity index (χ2v) is 11.0. The van der Waals surface area contributed by atoms with Crippen LogP contribution in [0.15, 0.2) is 47.4 Å². The zero-order valence-corrected chi connectivity index (χ0v) is 22.0. The van der Waals surface area contributed by atoms with Crippen molar-refractivity contribution in [1.82, 2.24) is 9.21 Å². The molecule has 1 aliphatic heterocycles. The van der Waals surface area contributed by atoms with Crippen molar-refractivity contribution in [3.05, 3.63) is 53.6 Å². The first-order valence-corrected chi connectivity index (χ1v) is 13.4. The first kappa shape index (κ1) is 27.0. The van der Waals surface area contributed by atoms with Gasteiger partial charge in [-0.1, -0.05) is 25.7 Å². The first-order chi connectivity index (χ1) is 16.7. The number of hydrogen-bond donors (Lipinski definition) is 1. The topological polar surface area (TPSA) is 79.3 Å². The number of sulfonamides is 1. The monoisotopic (exact) mass is 500 g/mol. The van der Waals surface area contributed by atoms with Gasteiger partial charge in [0, 0.05) is 36.2 Å². The van der Waals surface area contributed by atoms with Gasteiger partial charge in [0.1, 0.15) is 22.5 Å². The fourth-order valence-corrected chi connectivity index (χ4v) is 5.95. The van der Waals surface area contributed by atoms with Gasteiger partial charge in [0.05, 0.1) is 13.7 Å². The number of hydrogen-bond acceptors (Lipinski definition) is 6. The van der Waals surface area contributed by atoms with Crippen LogP contribution in [-0.2, 0) is 10.0 Å². The molecular formula is C27H36N2O5S. The van der Waals surface area contributed by atoms with Crippen LogP contribution in [0.2, 0.25) is 0 Å². The summed E-state index contributed by atoms with van der Waals surface area (Å²) >= 11 is 0. The summed E-state index contributed by atoms with van der Waals surface area (Å²) in [4.78, 5) is 2.30. The lowest BCUT2D eigenvalue weighted by molar-refractivity contribution is 0.0752. The number of rotatable bonds is 7. The van der Waals surface area contributed by atoms with E-state index in [0.29, 0.717) is 17.9 Å². The van der Waals surface area contributed by atoms with Crippen LogP contribution < -0.4 is 9.47 Å². The minimum absolute atomic E-state index is 0.0831. The van der Waals surface area contributed by atoms with Gasteiger partial charge in [-0.3, -0.25) is 0 Å². The van der Waals surface area contributed by atoms with Crippen molar-refractivity contribution < 1.29 is 23.0 Å². The zero-order chi connectivity index (χ0) is 25.6. The summed E-state index contributed by atoms with van der Waals surface area (Å²) in [6.07, 6.45) is 0.792. The molecule has 8 heteroatoms. The fourth-order valence-electron chi connectivity index (χ4n) is 4.12. The van der Waals surface area contributed by atoms with Crippen molar-refractivity contribution in [3.8, 4) is 23.3 Å². The van der Waals surface area contributed by atoms with Gasteiger partial charge in [0.15, 0.2) is 0 Å². The van der Waals surface area contributed by atoms with E-state index in [9.17, 15) is 13.5 Å². The Morgan fingerprint density at radius 1 is 1.20 bits per heavy atom. The molecule has 35 heavy (non-hydrogen) atoms. The van der Waals surface area contributed by atoms with Gasteiger partial charge in [0.2, 0.25) is 10.0 Å². The molecule has 0 saturated carbocycles. The normalized spacial score (nSPS) is 20.5. The Bertz CT molecular complexity index is 1150. The summed E-state index contributed by atoms with van der Waals surface area (Å²) < 4.78 is 40.1. The third-order valence-electron chi connectivity index (χ3n) is 6.21. The molecule has 0 bridgehead atoms. The molecule has 0 aromatic heterocycles. The lowest BCUT2D eigenvalue weighted by Gasteiger charge is -2.37. The second-order valence-electron chi connectivity index (χ2n) is 9.14. The quantitative estimate of drug-likeness (QED) is 0.589. The highest BCUT2D eigenvalue weighted by Gasteiger charge is 2.38. The standard InChI is InChI=1S/C27H36N2O5S/c1-6-15-28(4)18-26-20(2)17-29(21(3)19-30)35(31,32)27-14-11-23(16-25(27)34-26)8-7-22-9-12-24(33-5)13-10-22/h9-14,16,20-21,26,30H,6,15,17-19H2,1-5H3/t20-,21+,26-/m0/s1. The maximum absolute atomic E-state index is 13.6. The van der Waals surface area contributed by atoms with E-state index in [1.807, 2.05) is 38.2 Å². The van der Waals surface area contributed by atoms with Gasteiger partial charge in [0.25, 0.3) is 0 Å². The van der Waals surface area contributed by atoms with Crippen LogP contribution in [0.4, 0.5) is 0 Å². The van der Waals surface area contributed by atoms with Crippen molar-refractivity contribution in [1.29, 1.82) is 0 Å². The molecule has 0 aliphatic carbocycles. The van der Waals surface area contributed by atoms with Gasteiger partial charge in [-0.25, -0.2) is 8.42 Å². The highest BCUT2D eigenvalue weighted by atomic mass is 32.2. The van der Waals surface area contributed by atoms with Crippen molar-refractivity contribution >= 4 is 10.0 Å². The molecule has 0 amide bonds. The molecule has 3 atom stereocenters. The Labute approximate surface area is 209 Å². The minimum atomic E-state index is -3.87. The molecule has 2 aromatic rings. The van der Waals surface area contributed by atoms with E-state index in [2.05, 4.69) is 23.7 Å². The number of methoxy groups -OCH3 is 1. The number of aliphatic hydroxyl groups is 1. The predicted octanol–water partition coefficient (Wildman–Crippen LogP) is 3.21. The predicted molar refractivity (Wildman–Crippen MR) is 137 cm³/mol. The number of aliphatic hydroxyl groups excluding tert-OH is 1. The van der Waals surface area contributed by atoms with E-state index in [4.69, 9.17) is 9.47 Å². The van der Waals surface area contributed by atoms with Crippen molar-refractivity contribution in [2.45, 2.75) is 44.2 Å². The molecule has 0 radical (unpaired) electrons. The molecule has 190 valence electrons. The smallest absolute Gasteiger partial charge is 0.247 e. The van der Waals surface area contributed by atoms with E-state index < -0.39 is 16.1 Å². The second kappa shape index (κ2) is 11.9. The van der Waals surface area contributed by atoms with Crippen molar-refractivity contribution in [2.75, 3.05) is 40.4 Å². The summed E-state index contributed by atoms with van der Waals surface area (Å²) in [6, 6.07) is 11.8. The summed E-state index contributed by atoms with van der Waals surface area (Å²) in [7, 11) is -0.211. The molecule has 0 fully saturated rings. The lowest BCUT2D eigenvalue weighted by Crippen LogP contribution is -2.49. The van der Waals surface area contributed by atoms with E-state index in [1.165, 1.54) is 4.31 Å². The Hall–Kier alpha value is -2.57. The number of fused-ring (bicyclic) bond motifs is 1. The van der Waals surface area contributed by atoms with Gasteiger partial charge in [-0.15, -0.1) is 0 Å². The van der Waals surface area contributed by atoms with Crippen LogP contribution in [0, 0.1) is 17.8 Å². The molecule has 1 aliphatic rings. The Morgan fingerprint density at radius 3 is 2.49 bits per heavy atom. The Morgan fingerprint density at radius 2 is 1.86 bits per heavy atom. The third-order valence-corrected chi connectivity index (χ3v) is 8.22. The van der Waals surface area contributed by atoms with Gasteiger partial charge >= 0.3 is 0 Å². The molecule has 0 unspecified atom stereocenters. The highest BCUT2D eigenvalue weighted by molar-refractivity contribution is 7.89. The van der Waals surface area contributed by atoms with Gasteiger partial charge in [-0.05, 0) is 69.4 Å². The summed E-state index contributed by atoms with van der Waals surface area (Å²) in [5.74, 6) is 7.19. The van der Waals surface area contributed by atoms with E-state index in [1.54, 1.807) is 32.2 Å². The first-order valence-electron chi connectivity index (χ1n) is 12.0. The van der Waals surface area contributed by atoms with E-state index in [0.717, 1.165) is 24.3 Å². The Balaban J connectivity index is 2.03. The van der Waals surface area contributed by atoms with Crippen molar-refractivity contribution in [2.24, 2.45) is 5.92 Å². The van der Waals surface area contributed by atoms with Crippen LogP contribution in [0.3, 0.4) is 0 Å². The summed E-state index contributed by atoms with van der Waals surface area (Å²) in [5.41, 5.74) is 1.48. The summed E-state index contributed by atoms with van der Waals surface area (Å²) in [5, 5.41) is 9.78. The molecule has 1 N–H and O–H groups in total. The van der Waals surface area contributed by atoms with E-state index in [-0.39, 0.29) is 30.1 Å². The molecule has 2 aromatic carbocycles. The average molecular weight is 501 g/mol. The SMILES string of the molecule is CCCN(C)C[C@@H]1Oc2cc(C#Cc3ccc(OC)cc3)ccc2S(=O)(=O)N([C@H](C)CO)C[C@@H]1C. The highest BCUT2D eigenvalue weighted by Crippen LogP contribution is 2.34. The van der Waals surface area contributed by atoms with E-state index >= 15 is 0 Å². The number of benzene rings is 2. The van der Waals surface area contributed by atoms with Crippen LogP contribution in [0.25, 0.3) is 0 Å². The lowest BCUT2D eigenvalue weighted by atomic mass is 10.0. The minimum Gasteiger partial charge on any atom is -0.497 e. The molecule has 0 spiro atoms. The molecule has 7 nitrogen and oxygen atoms in total. The van der Waals surface area contributed by atoms with Crippen LogP contribution in [0.1, 0.15) is 38.3 Å². The van der Waals surface area contributed by atoms with Gasteiger partial charge in [-0.2, -0.15) is 4.31 Å². The van der Waals surface area contributed by atoms with Crippen LogP contribution >= 0.6 is 0 Å².